The second-order valence-electron chi connectivity index (χ2n) is 4.95. The summed E-state index contributed by atoms with van der Waals surface area (Å²) in [5.74, 6) is -1.01. The van der Waals surface area contributed by atoms with Crippen molar-refractivity contribution in [2.45, 2.75) is 20.4 Å². The van der Waals surface area contributed by atoms with Gasteiger partial charge in [0.25, 0.3) is 11.7 Å². The lowest BCUT2D eigenvalue weighted by Crippen LogP contribution is -2.30. The van der Waals surface area contributed by atoms with Crippen molar-refractivity contribution in [3.8, 4) is 0 Å². The highest BCUT2D eigenvalue weighted by atomic mass is 35.5. The third-order valence-corrected chi connectivity index (χ3v) is 3.84. The molecule has 0 saturated heterocycles. The predicted molar refractivity (Wildman–Crippen MR) is 78.5 cm³/mol. The molecule has 3 rings (SSSR count). The number of rotatable bonds is 2. The second-order valence-corrected chi connectivity index (χ2v) is 5.34. The van der Waals surface area contributed by atoms with Crippen LogP contribution in [0.15, 0.2) is 24.5 Å². The minimum absolute atomic E-state index is 0.200. The zero-order valence-corrected chi connectivity index (χ0v) is 12.3. The molecule has 106 valence electrons. The number of carbonyl (C=O) groups is 2. The summed E-state index contributed by atoms with van der Waals surface area (Å²) >= 11 is 5.70. The van der Waals surface area contributed by atoms with Crippen LogP contribution >= 0.6 is 11.6 Å². The number of carbonyl (C=O) groups excluding carboxylic acids is 2. The molecule has 21 heavy (non-hydrogen) atoms. The fourth-order valence-corrected chi connectivity index (χ4v) is 2.50. The van der Waals surface area contributed by atoms with Gasteiger partial charge in [-0.25, -0.2) is 4.98 Å². The summed E-state index contributed by atoms with van der Waals surface area (Å²) in [6.07, 6.45) is 2.92. The van der Waals surface area contributed by atoms with Gasteiger partial charge < -0.3 is 0 Å². The van der Waals surface area contributed by atoms with Crippen molar-refractivity contribution in [3.05, 3.63) is 52.1 Å². The van der Waals surface area contributed by atoms with E-state index in [1.54, 1.807) is 6.07 Å². The summed E-state index contributed by atoms with van der Waals surface area (Å²) < 4.78 is 0. The standard InChI is InChI=1S/C15H12ClN3O2/c1-8-3-4-11-13(9(8)2)19(15(21)14(11)20)7-10-5-18-12(16)6-17-10/h3-6H,7H2,1-2H3. The fourth-order valence-electron chi connectivity index (χ4n) is 2.40. The molecular formula is C15H12ClN3O2. The summed E-state index contributed by atoms with van der Waals surface area (Å²) in [6, 6.07) is 3.55. The first-order valence-electron chi connectivity index (χ1n) is 6.42. The highest BCUT2D eigenvalue weighted by Gasteiger charge is 2.37. The van der Waals surface area contributed by atoms with Crippen molar-refractivity contribution in [1.29, 1.82) is 0 Å². The van der Waals surface area contributed by atoms with Crippen molar-refractivity contribution >= 4 is 29.0 Å². The maximum Gasteiger partial charge on any atom is 0.299 e. The van der Waals surface area contributed by atoms with Crippen LogP contribution in [0.25, 0.3) is 0 Å². The molecule has 0 N–H and O–H groups in total. The maximum atomic E-state index is 12.2. The summed E-state index contributed by atoms with van der Waals surface area (Å²) in [6.45, 7) is 4.05. The van der Waals surface area contributed by atoms with Gasteiger partial charge in [-0.2, -0.15) is 0 Å². The van der Waals surface area contributed by atoms with Gasteiger partial charge in [0, 0.05) is 0 Å². The van der Waals surface area contributed by atoms with E-state index in [1.165, 1.54) is 17.3 Å². The molecule has 0 unspecified atom stereocenters. The molecule has 0 fully saturated rings. The normalized spacial score (nSPS) is 13.8. The maximum absolute atomic E-state index is 12.2. The molecular weight excluding hydrogens is 290 g/mol. The Labute approximate surface area is 126 Å². The Hall–Kier alpha value is -2.27. The lowest BCUT2D eigenvalue weighted by atomic mass is 10.0. The van der Waals surface area contributed by atoms with Gasteiger partial charge in [-0.05, 0) is 31.0 Å². The fraction of sp³-hybridized carbons (Fsp3) is 0.200. The average molecular weight is 302 g/mol. The van der Waals surface area contributed by atoms with Crippen molar-refractivity contribution in [1.82, 2.24) is 9.97 Å². The van der Waals surface area contributed by atoms with Crippen LogP contribution in [0.1, 0.15) is 27.2 Å². The van der Waals surface area contributed by atoms with E-state index >= 15 is 0 Å². The number of hydrogen-bond donors (Lipinski definition) is 0. The number of nitrogens with zero attached hydrogens (tertiary/aromatic N) is 3. The van der Waals surface area contributed by atoms with Crippen LogP contribution < -0.4 is 4.90 Å². The topological polar surface area (TPSA) is 63.2 Å². The molecule has 0 bridgehead atoms. The first-order valence-corrected chi connectivity index (χ1v) is 6.79. The third kappa shape index (κ3) is 2.19. The van der Waals surface area contributed by atoms with Crippen LogP contribution in [-0.4, -0.2) is 21.7 Å². The number of anilines is 1. The van der Waals surface area contributed by atoms with E-state index in [0.717, 1.165) is 11.1 Å². The predicted octanol–water partition coefficient (Wildman–Crippen LogP) is 2.48. The van der Waals surface area contributed by atoms with Gasteiger partial charge >= 0.3 is 0 Å². The zero-order chi connectivity index (χ0) is 15.1. The lowest BCUT2D eigenvalue weighted by molar-refractivity contribution is -0.114. The number of aromatic nitrogens is 2. The molecule has 1 aromatic carbocycles. The van der Waals surface area contributed by atoms with Crippen LogP contribution in [-0.2, 0) is 11.3 Å². The summed E-state index contributed by atoms with van der Waals surface area (Å²) in [5, 5.41) is 0.287. The third-order valence-electron chi connectivity index (χ3n) is 3.65. The zero-order valence-electron chi connectivity index (χ0n) is 11.6. The number of benzene rings is 1. The Balaban J connectivity index is 2.04. The number of aryl methyl sites for hydroxylation is 1. The van der Waals surface area contributed by atoms with Crippen molar-refractivity contribution in [3.63, 3.8) is 0 Å². The Morgan fingerprint density at radius 3 is 2.57 bits per heavy atom. The first-order chi connectivity index (χ1) is 9.99. The van der Waals surface area contributed by atoms with Crippen molar-refractivity contribution in [2.75, 3.05) is 4.90 Å². The van der Waals surface area contributed by atoms with E-state index < -0.39 is 11.7 Å². The van der Waals surface area contributed by atoms with Crippen LogP contribution in [0.4, 0.5) is 5.69 Å². The van der Waals surface area contributed by atoms with E-state index in [-0.39, 0.29) is 11.7 Å². The van der Waals surface area contributed by atoms with E-state index in [1.807, 2.05) is 19.9 Å². The summed E-state index contributed by atoms with van der Waals surface area (Å²) in [7, 11) is 0. The molecule has 1 aliphatic heterocycles. The number of halogens is 1. The Bertz CT molecular complexity index is 756. The van der Waals surface area contributed by atoms with Gasteiger partial charge in [-0.3, -0.25) is 19.5 Å². The molecule has 0 spiro atoms. The number of ketones is 1. The quantitative estimate of drug-likeness (QED) is 0.799. The Morgan fingerprint density at radius 1 is 1.14 bits per heavy atom. The first kappa shape index (κ1) is 13.7. The molecule has 0 saturated carbocycles. The van der Waals surface area contributed by atoms with Gasteiger partial charge in [0.15, 0.2) is 0 Å². The van der Waals surface area contributed by atoms with Gasteiger partial charge in [0.2, 0.25) is 0 Å². The average Bonchev–Trinajstić information content (AvgIpc) is 2.71. The number of hydrogen-bond acceptors (Lipinski definition) is 4. The number of amides is 1. The molecule has 1 aromatic heterocycles. The van der Waals surface area contributed by atoms with Crippen LogP contribution in [0.5, 0.6) is 0 Å². The van der Waals surface area contributed by atoms with Gasteiger partial charge in [0.05, 0.1) is 35.9 Å². The molecule has 1 aliphatic rings. The largest absolute Gasteiger partial charge is 0.299 e. The monoisotopic (exact) mass is 301 g/mol. The van der Waals surface area contributed by atoms with Crippen LogP contribution in [0.2, 0.25) is 5.15 Å². The minimum atomic E-state index is -0.532. The van der Waals surface area contributed by atoms with E-state index in [9.17, 15) is 9.59 Å². The highest BCUT2D eigenvalue weighted by molar-refractivity contribution is 6.52. The summed E-state index contributed by atoms with van der Waals surface area (Å²) in [4.78, 5) is 33.8. The molecule has 6 heteroatoms. The number of fused-ring (bicyclic) bond motifs is 1. The lowest BCUT2D eigenvalue weighted by Gasteiger charge is -2.18. The molecule has 2 aromatic rings. The van der Waals surface area contributed by atoms with Crippen LogP contribution in [0, 0.1) is 13.8 Å². The molecule has 0 atom stereocenters. The van der Waals surface area contributed by atoms with Crippen LogP contribution in [0.3, 0.4) is 0 Å². The van der Waals surface area contributed by atoms with Gasteiger partial charge in [-0.1, -0.05) is 17.7 Å². The summed E-state index contributed by atoms with van der Waals surface area (Å²) in [5.41, 5.74) is 3.65. The molecule has 5 nitrogen and oxygen atoms in total. The van der Waals surface area contributed by atoms with Crippen molar-refractivity contribution < 1.29 is 9.59 Å². The Kier molecular flexibility index (Phi) is 3.22. The highest BCUT2D eigenvalue weighted by Crippen LogP contribution is 2.34. The smallest absolute Gasteiger partial charge is 0.298 e. The molecule has 0 radical (unpaired) electrons. The van der Waals surface area contributed by atoms with Gasteiger partial charge in [0.1, 0.15) is 5.15 Å². The van der Waals surface area contributed by atoms with Crippen molar-refractivity contribution in [2.24, 2.45) is 0 Å². The SMILES string of the molecule is Cc1ccc2c(c1C)N(Cc1cnc(Cl)cn1)C(=O)C2=O. The Morgan fingerprint density at radius 2 is 1.90 bits per heavy atom. The van der Waals surface area contributed by atoms with Gasteiger partial charge in [-0.15, -0.1) is 0 Å². The molecule has 1 amide bonds. The minimum Gasteiger partial charge on any atom is -0.298 e. The molecule has 2 heterocycles. The molecule has 0 aliphatic carbocycles. The second kappa shape index (κ2) is 4.93. The van der Waals surface area contributed by atoms with E-state index in [0.29, 0.717) is 16.9 Å². The number of Topliss-reactive ketones (excluding diaryl/α,β-unsaturated/α-hetero) is 1. The van der Waals surface area contributed by atoms with E-state index in [2.05, 4.69) is 9.97 Å². The van der Waals surface area contributed by atoms with E-state index in [4.69, 9.17) is 11.6 Å².